The number of fused-ring (bicyclic) bond motifs is 1. The molecule has 0 spiro atoms. The van der Waals surface area contributed by atoms with Crippen molar-refractivity contribution in [2.45, 2.75) is 6.23 Å². The van der Waals surface area contributed by atoms with Crippen molar-refractivity contribution in [2.75, 3.05) is 0 Å². The number of hydrogen-bond acceptors (Lipinski definition) is 3. The Kier molecular flexibility index (Phi) is 2.50. The number of hydroxylamine groups is 2. The van der Waals surface area contributed by atoms with E-state index in [1.54, 1.807) is 36.4 Å². The first-order chi connectivity index (χ1) is 8.77. The van der Waals surface area contributed by atoms with Gasteiger partial charge in [0.05, 0.1) is 5.56 Å². The first-order valence-electron chi connectivity index (χ1n) is 5.60. The normalized spacial score (nSPS) is 18.2. The smallest absolute Gasteiger partial charge is 0.284 e. The van der Waals surface area contributed by atoms with Gasteiger partial charge in [0.2, 0.25) is 6.23 Å². The minimum absolute atomic E-state index is 0.368. The zero-order chi connectivity index (χ0) is 12.5. The summed E-state index contributed by atoms with van der Waals surface area (Å²) in [5, 5.41) is 10.5. The van der Waals surface area contributed by atoms with Crippen LogP contribution in [0.4, 0.5) is 0 Å². The molecule has 90 valence electrons. The van der Waals surface area contributed by atoms with Gasteiger partial charge in [-0.25, -0.2) is 0 Å². The number of carbonyl (C=O) groups is 1. The molecule has 0 radical (unpaired) electrons. The molecule has 2 aromatic rings. The molecule has 0 saturated carbocycles. The van der Waals surface area contributed by atoms with Crippen LogP contribution in [-0.2, 0) is 0 Å². The number of ether oxygens (including phenoxy) is 1. The number of amides is 1. The second-order valence-electron chi connectivity index (χ2n) is 4.03. The zero-order valence-electron chi connectivity index (χ0n) is 9.48. The monoisotopic (exact) mass is 241 g/mol. The SMILES string of the molecule is O=C1c2ccccc2O[C@@H](c2ccccc2)N1O. The molecule has 0 unspecified atom stereocenters. The van der Waals surface area contributed by atoms with Gasteiger partial charge in [0.25, 0.3) is 5.91 Å². The lowest BCUT2D eigenvalue weighted by molar-refractivity contribution is -0.157. The molecule has 0 aromatic heterocycles. The molecule has 1 aliphatic rings. The van der Waals surface area contributed by atoms with E-state index < -0.39 is 12.1 Å². The Balaban J connectivity index is 2.04. The Bertz CT molecular complexity index is 583. The molecular weight excluding hydrogens is 230 g/mol. The van der Waals surface area contributed by atoms with Gasteiger partial charge < -0.3 is 4.74 Å². The largest absolute Gasteiger partial charge is 0.463 e. The highest BCUT2D eigenvalue weighted by atomic mass is 16.6. The lowest BCUT2D eigenvalue weighted by Gasteiger charge is -2.32. The van der Waals surface area contributed by atoms with Crippen LogP contribution >= 0.6 is 0 Å². The van der Waals surface area contributed by atoms with Crippen LogP contribution in [0.25, 0.3) is 0 Å². The minimum atomic E-state index is -0.798. The van der Waals surface area contributed by atoms with Gasteiger partial charge in [-0.2, -0.15) is 5.06 Å². The van der Waals surface area contributed by atoms with Crippen molar-refractivity contribution in [1.82, 2.24) is 5.06 Å². The summed E-state index contributed by atoms with van der Waals surface area (Å²) in [7, 11) is 0. The van der Waals surface area contributed by atoms with Gasteiger partial charge in [0.1, 0.15) is 5.75 Å². The summed E-state index contributed by atoms with van der Waals surface area (Å²) in [6.07, 6.45) is -0.798. The maximum atomic E-state index is 12.0. The number of nitrogens with zero attached hydrogens (tertiary/aromatic N) is 1. The van der Waals surface area contributed by atoms with Crippen LogP contribution < -0.4 is 4.74 Å². The van der Waals surface area contributed by atoms with E-state index in [0.717, 1.165) is 5.56 Å². The van der Waals surface area contributed by atoms with Crippen molar-refractivity contribution in [3.8, 4) is 5.75 Å². The van der Waals surface area contributed by atoms with Crippen LogP contribution in [0.5, 0.6) is 5.75 Å². The quantitative estimate of drug-likeness (QED) is 0.781. The molecule has 0 bridgehead atoms. The topological polar surface area (TPSA) is 49.8 Å². The van der Waals surface area contributed by atoms with E-state index in [1.165, 1.54) is 0 Å². The molecule has 0 fully saturated rings. The van der Waals surface area contributed by atoms with E-state index in [2.05, 4.69) is 0 Å². The lowest BCUT2D eigenvalue weighted by atomic mass is 10.1. The van der Waals surface area contributed by atoms with Crippen molar-refractivity contribution >= 4 is 5.91 Å². The van der Waals surface area contributed by atoms with E-state index in [4.69, 9.17) is 4.74 Å². The highest BCUT2D eigenvalue weighted by Crippen LogP contribution is 2.33. The van der Waals surface area contributed by atoms with Crippen LogP contribution in [0.15, 0.2) is 54.6 Å². The molecule has 1 amide bonds. The molecule has 0 aliphatic carbocycles. The number of para-hydroxylation sites is 1. The predicted molar refractivity (Wildman–Crippen MR) is 64.2 cm³/mol. The van der Waals surface area contributed by atoms with Gasteiger partial charge in [-0.3, -0.25) is 10.0 Å². The second-order valence-corrected chi connectivity index (χ2v) is 4.03. The van der Waals surface area contributed by atoms with E-state index in [0.29, 0.717) is 16.4 Å². The number of benzene rings is 2. The molecule has 1 heterocycles. The van der Waals surface area contributed by atoms with Gasteiger partial charge in [0, 0.05) is 5.56 Å². The van der Waals surface area contributed by atoms with Gasteiger partial charge in [-0.1, -0.05) is 42.5 Å². The Hall–Kier alpha value is -2.33. The van der Waals surface area contributed by atoms with Gasteiger partial charge in [-0.15, -0.1) is 0 Å². The molecule has 1 atom stereocenters. The molecule has 4 heteroatoms. The summed E-state index contributed by atoms with van der Waals surface area (Å²) < 4.78 is 5.66. The summed E-state index contributed by atoms with van der Waals surface area (Å²) in [5.74, 6) is 0.0346. The molecule has 18 heavy (non-hydrogen) atoms. The van der Waals surface area contributed by atoms with E-state index >= 15 is 0 Å². The Morgan fingerprint density at radius 2 is 1.67 bits per heavy atom. The van der Waals surface area contributed by atoms with Crippen molar-refractivity contribution in [1.29, 1.82) is 0 Å². The lowest BCUT2D eigenvalue weighted by Crippen LogP contribution is -2.39. The summed E-state index contributed by atoms with van der Waals surface area (Å²) in [4.78, 5) is 12.0. The van der Waals surface area contributed by atoms with Crippen molar-refractivity contribution in [3.63, 3.8) is 0 Å². The minimum Gasteiger partial charge on any atom is -0.463 e. The van der Waals surface area contributed by atoms with Crippen LogP contribution in [0, 0.1) is 0 Å². The third kappa shape index (κ3) is 1.63. The summed E-state index contributed by atoms with van der Waals surface area (Å²) in [6.45, 7) is 0. The fraction of sp³-hybridized carbons (Fsp3) is 0.0714. The van der Waals surface area contributed by atoms with E-state index in [-0.39, 0.29) is 0 Å². The molecule has 0 saturated heterocycles. The molecule has 4 nitrogen and oxygen atoms in total. The van der Waals surface area contributed by atoms with Crippen LogP contribution in [0.3, 0.4) is 0 Å². The Morgan fingerprint density at radius 3 is 2.44 bits per heavy atom. The fourth-order valence-electron chi connectivity index (χ4n) is 1.97. The summed E-state index contributed by atoms with van der Waals surface area (Å²) >= 11 is 0. The maximum absolute atomic E-state index is 12.0. The van der Waals surface area contributed by atoms with Gasteiger partial charge in [-0.05, 0) is 12.1 Å². The number of rotatable bonds is 1. The highest BCUT2D eigenvalue weighted by Gasteiger charge is 2.33. The predicted octanol–water partition coefficient (Wildman–Crippen LogP) is 2.61. The second kappa shape index (κ2) is 4.16. The first kappa shape index (κ1) is 10.8. The average Bonchev–Trinajstić information content (AvgIpc) is 2.44. The maximum Gasteiger partial charge on any atom is 0.284 e. The zero-order valence-corrected chi connectivity index (χ0v) is 9.48. The fourth-order valence-corrected chi connectivity index (χ4v) is 1.97. The van der Waals surface area contributed by atoms with Crippen LogP contribution in [0.1, 0.15) is 22.1 Å². The van der Waals surface area contributed by atoms with Gasteiger partial charge >= 0.3 is 0 Å². The molecular formula is C14H11NO3. The third-order valence-electron chi connectivity index (χ3n) is 2.87. The summed E-state index contributed by atoms with van der Waals surface area (Å²) in [5.41, 5.74) is 1.09. The van der Waals surface area contributed by atoms with Crippen molar-refractivity contribution in [3.05, 3.63) is 65.7 Å². The van der Waals surface area contributed by atoms with Crippen molar-refractivity contribution in [2.24, 2.45) is 0 Å². The standard InChI is InChI=1S/C14H11NO3/c16-13-11-8-4-5-9-12(11)18-14(15(13)17)10-6-2-1-3-7-10/h1-9,14,17H/t14-/m0/s1. The first-order valence-corrected chi connectivity index (χ1v) is 5.60. The third-order valence-corrected chi connectivity index (χ3v) is 2.87. The number of carbonyl (C=O) groups excluding carboxylic acids is 1. The number of hydrogen-bond donors (Lipinski definition) is 1. The highest BCUT2D eigenvalue weighted by molar-refractivity contribution is 5.97. The van der Waals surface area contributed by atoms with E-state index in [9.17, 15) is 10.0 Å². The van der Waals surface area contributed by atoms with Crippen LogP contribution in [0.2, 0.25) is 0 Å². The Morgan fingerprint density at radius 1 is 1.00 bits per heavy atom. The van der Waals surface area contributed by atoms with Crippen molar-refractivity contribution < 1.29 is 14.7 Å². The molecule has 1 aliphatic heterocycles. The molecule has 3 rings (SSSR count). The van der Waals surface area contributed by atoms with E-state index in [1.807, 2.05) is 18.2 Å². The molecule has 1 N–H and O–H groups in total. The Labute approximate surface area is 104 Å². The van der Waals surface area contributed by atoms with Crippen LogP contribution in [-0.4, -0.2) is 16.2 Å². The average molecular weight is 241 g/mol. The summed E-state index contributed by atoms with van der Waals surface area (Å²) in [6, 6.07) is 16.0. The molecule has 2 aromatic carbocycles. The van der Waals surface area contributed by atoms with Gasteiger partial charge in [0.15, 0.2) is 0 Å².